The number of likely N-dealkylation sites (N-methyl/N-ethyl adjacent to an activating group) is 1. The van der Waals surface area contributed by atoms with Crippen LogP contribution in [0.1, 0.15) is 29.8 Å². The Labute approximate surface area is 127 Å². The third-order valence-electron chi connectivity index (χ3n) is 4.07. The van der Waals surface area contributed by atoms with Crippen molar-refractivity contribution in [3.05, 3.63) is 30.0 Å². The lowest BCUT2D eigenvalue weighted by Gasteiger charge is -2.31. The standard InChI is InChI=1S/C16H18N2O4/c1-18-7-3-2-4-12(18)15(19)17-11-5-6-13-10(8-11)9-14(22-13)16(20)21/h5-6,8-9,12H,2-4,7H2,1H3,(H,17,19)(H,20,21)/t12-/m0/s1. The molecule has 2 heterocycles. The summed E-state index contributed by atoms with van der Waals surface area (Å²) in [5.74, 6) is -1.24. The van der Waals surface area contributed by atoms with E-state index in [4.69, 9.17) is 9.52 Å². The van der Waals surface area contributed by atoms with E-state index in [1.54, 1.807) is 18.2 Å². The highest BCUT2D eigenvalue weighted by Crippen LogP contribution is 2.24. The van der Waals surface area contributed by atoms with Gasteiger partial charge in [-0.2, -0.15) is 0 Å². The highest BCUT2D eigenvalue weighted by atomic mass is 16.4. The molecule has 1 amide bonds. The molecule has 116 valence electrons. The number of hydrogen-bond donors (Lipinski definition) is 2. The van der Waals surface area contributed by atoms with E-state index >= 15 is 0 Å². The van der Waals surface area contributed by atoms with Crippen LogP contribution in [0, 0.1) is 0 Å². The number of benzene rings is 1. The molecule has 0 spiro atoms. The molecule has 6 heteroatoms. The maximum absolute atomic E-state index is 12.4. The number of hydrogen-bond acceptors (Lipinski definition) is 4. The number of likely N-dealkylation sites (tertiary alicyclic amines) is 1. The van der Waals surface area contributed by atoms with Gasteiger partial charge in [-0.3, -0.25) is 9.69 Å². The quantitative estimate of drug-likeness (QED) is 0.910. The predicted molar refractivity (Wildman–Crippen MR) is 82.1 cm³/mol. The third kappa shape index (κ3) is 2.82. The van der Waals surface area contributed by atoms with E-state index in [0.29, 0.717) is 16.7 Å². The number of furan rings is 1. The van der Waals surface area contributed by atoms with Crippen LogP contribution < -0.4 is 5.32 Å². The first-order valence-corrected chi connectivity index (χ1v) is 7.32. The Morgan fingerprint density at radius 3 is 2.86 bits per heavy atom. The van der Waals surface area contributed by atoms with Crippen LogP contribution in [0.15, 0.2) is 28.7 Å². The summed E-state index contributed by atoms with van der Waals surface area (Å²) in [6.07, 6.45) is 3.05. The van der Waals surface area contributed by atoms with Gasteiger partial charge in [0.2, 0.25) is 11.7 Å². The summed E-state index contributed by atoms with van der Waals surface area (Å²) in [7, 11) is 1.96. The molecule has 0 unspecified atom stereocenters. The second-order valence-electron chi connectivity index (χ2n) is 5.65. The van der Waals surface area contributed by atoms with Crippen LogP contribution >= 0.6 is 0 Å². The average Bonchev–Trinajstić information content (AvgIpc) is 2.91. The Bertz CT molecular complexity index is 722. The van der Waals surface area contributed by atoms with Crippen LogP contribution in [0.4, 0.5) is 5.69 Å². The van der Waals surface area contributed by atoms with E-state index in [9.17, 15) is 9.59 Å². The normalized spacial score (nSPS) is 19.2. The first kappa shape index (κ1) is 14.6. The van der Waals surface area contributed by atoms with Gasteiger partial charge in [0.1, 0.15) is 5.58 Å². The fraction of sp³-hybridized carbons (Fsp3) is 0.375. The number of carbonyl (C=O) groups excluding carboxylic acids is 1. The van der Waals surface area contributed by atoms with Crippen molar-refractivity contribution in [3.8, 4) is 0 Å². The van der Waals surface area contributed by atoms with Crippen LogP contribution in [0.2, 0.25) is 0 Å². The minimum absolute atomic E-state index is 0.0245. The molecule has 2 N–H and O–H groups in total. The molecule has 1 saturated heterocycles. The summed E-state index contributed by atoms with van der Waals surface area (Å²) in [5, 5.41) is 12.5. The number of carboxylic acid groups (broad SMARTS) is 1. The Morgan fingerprint density at radius 1 is 1.32 bits per heavy atom. The molecule has 0 saturated carbocycles. The predicted octanol–water partition coefficient (Wildman–Crippen LogP) is 2.55. The highest BCUT2D eigenvalue weighted by molar-refractivity contribution is 5.98. The summed E-state index contributed by atoms with van der Waals surface area (Å²) in [5.41, 5.74) is 1.14. The topological polar surface area (TPSA) is 82.8 Å². The molecule has 6 nitrogen and oxygen atoms in total. The smallest absolute Gasteiger partial charge is 0.371 e. The van der Waals surface area contributed by atoms with Gasteiger partial charge in [0, 0.05) is 11.1 Å². The van der Waals surface area contributed by atoms with Crippen molar-refractivity contribution in [2.75, 3.05) is 18.9 Å². The zero-order chi connectivity index (χ0) is 15.7. The number of nitrogens with zero attached hydrogens (tertiary/aromatic N) is 1. The minimum Gasteiger partial charge on any atom is -0.475 e. The number of piperidine rings is 1. The molecule has 1 aliphatic heterocycles. The largest absolute Gasteiger partial charge is 0.475 e. The van der Waals surface area contributed by atoms with Crippen LogP contribution in [0.25, 0.3) is 11.0 Å². The molecular formula is C16H18N2O4. The minimum atomic E-state index is -1.11. The van der Waals surface area contributed by atoms with Crippen molar-refractivity contribution in [3.63, 3.8) is 0 Å². The summed E-state index contributed by atoms with van der Waals surface area (Å²) in [6, 6.07) is 6.47. The van der Waals surface area contributed by atoms with Gasteiger partial charge in [-0.05, 0) is 50.7 Å². The number of amides is 1. The van der Waals surface area contributed by atoms with Gasteiger partial charge in [0.15, 0.2) is 0 Å². The number of aromatic carboxylic acids is 1. The second-order valence-corrected chi connectivity index (χ2v) is 5.65. The van der Waals surface area contributed by atoms with Crippen LogP contribution in [0.3, 0.4) is 0 Å². The first-order valence-electron chi connectivity index (χ1n) is 7.32. The number of carboxylic acids is 1. The Kier molecular flexibility index (Phi) is 3.85. The van der Waals surface area contributed by atoms with Crippen molar-refractivity contribution in [1.29, 1.82) is 0 Å². The maximum atomic E-state index is 12.4. The van der Waals surface area contributed by atoms with Crippen LogP contribution in [-0.4, -0.2) is 41.5 Å². The lowest BCUT2D eigenvalue weighted by atomic mass is 10.0. The molecule has 1 aromatic carbocycles. The molecule has 3 rings (SSSR count). The molecule has 0 bridgehead atoms. The molecule has 1 atom stereocenters. The van der Waals surface area contributed by atoms with Crippen molar-refractivity contribution in [1.82, 2.24) is 4.90 Å². The fourth-order valence-electron chi connectivity index (χ4n) is 2.86. The molecule has 1 fully saturated rings. The highest BCUT2D eigenvalue weighted by Gasteiger charge is 2.25. The van der Waals surface area contributed by atoms with E-state index in [2.05, 4.69) is 10.2 Å². The first-order chi connectivity index (χ1) is 10.5. The van der Waals surface area contributed by atoms with Gasteiger partial charge in [-0.15, -0.1) is 0 Å². The number of nitrogens with one attached hydrogen (secondary N) is 1. The molecule has 0 aliphatic carbocycles. The van der Waals surface area contributed by atoms with Gasteiger partial charge < -0.3 is 14.8 Å². The maximum Gasteiger partial charge on any atom is 0.371 e. The van der Waals surface area contributed by atoms with Gasteiger partial charge in [-0.25, -0.2) is 4.79 Å². The number of carbonyl (C=O) groups is 2. The number of anilines is 1. The van der Waals surface area contributed by atoms with Crippen molar-refractivity contribution in [2.24, 2.45) is 0 Å². The zero-order valence-electron chi connectivity index (χ0n) is 12.3. The van der Waals surface area contributed by atoms with Crippen LogP contribution in [-0.2, 0) is 4.79 Å². The van der Waals surface area contributed by atoms with Crippen LogP contribution in [0.5, 0.6) is 0 Å². The second kappa shape index (κ2) is 5.81. The molecule has 2 aromatic rings. The zero-order valence-corrected chi connectivity index (χ0v) is 12.3. The molecule has 0 radical (unpaired) electrons. The Morgan fingerprint density at radius 2 is 2.14 bits per heavy atom. The lowest BCUT2D eigenvalue weighted by Crippen LogP contribution is -2.44. The monoisotopic (exact) mass is 302 g/mol. The Hall–Kier alpha value is -2.34. The van der Waals surface area contributed by atoms with Gasteiger partial charge >= 0.3 is 5.97 Å². The van der Waals surface area contributed by atoms with E-state index in [1.807, 2.05) is 7.05 Å². The summed E-state index contributed by atoms with van der Waals surface area (Å²) >= 11 is 0. The summed E-state index contributed by atoms with van der Waals surface area (Å²) in [6.45, 7) is 0.931. The van der Waals surface area contributed by atoms with E-state index < -0.39 is 5.97 Å². The Balaban J connectivity index is 1.78. The van der Waals surface area contributed by atoms with Crippen molar-refractivity contribution in [2.45, 2.75) is 25.3 Å². The molecule has 22 heavy (non-hydrogen) atoms. The molecular weight excluding hydrogens is 284 g/mol. The molecule has 1 aliphatic rings. The van der Waals surface area contributed by atoms with Crippen molar-refractivity contribution >= 4 is 28.5 Å². The van der Waals surface area contributed by atoms with Gasteiger partial charge in [0.25, 0.3) is 0 Å². The summed E-state index contributed by atoms with van der Waals surface area (Å²) < 4.78 is 5.20. The SMILES string of the molecule is CN1CCCC[C@H]1C(=O)Nc1ccc2oc(C(=O)O)cc2c1. The van der Waals surface area contributed by atoms with Gasteiger partial charge in [-0.1, -0.05) is 6.42 Å². The van der Waals surface area contributed by atoms with E-state index in [1.165, 1.54) is 6.07 Å². The van der Waals surface area contributed by atoms with Crippen molar-refractivity contribution < 1.29 is 19.1 Å². The molecule has 1 aromatic heterocycles. The van der Waals surface area contributed by atoms with E-state index in [-0.39, 0.29) is 17.7 Å². The fourth-order valence-corrected chi connectivity index (χ4v) is 2.86. The van der Waals surface area contributed by atoms with E-state index in [0.717, 1.165) is 25.8 Å². The number of rotatable bonds is 3. The number of fused-ring (bicyclic) bond motifs is 1. The summed E-state index contributed by atoms with van der Waals surface area (Å²) in [4.78, 5) is 25.3. The lowest BCUT2D eigenvalue weighted by molar-refractivity contribution is -0.121. The third-order valence-corrected chi connectivity index (χ3v) is 4.07. The van der Waals surface area contributed by atoms with Gasteiger partial charge in [0.05, 0.1) is 6.04 Å². The average molecular weight is 302 g/mol.